The van der Waals surface area contributed by atoms with E-state index in [2.05, 4.69) is 0 Å². The maximum Gasteiger partial charge on any atom is 0.495 e. The minimum atomic E-state index is -0.475. The topological polar surface area (TPSA) is 53.7 Å². The van der Waals surface area contributed by atoms with Crippen LogP contribution in [0.4, 0.5) is 5.69 Å². The van der Waals surface area contributed by atoms with Crippen molar-refractivity contribution in [1.29, 1.82) is 0 Å². The monoisotopic (exact) mass is 283 g/mol. The first-order valence-corrected chi connectivity index (χ1v) is 6.54. The van der Waals surface area contributed by atoms with Crippen LogP contribution in [0.3, 0.4) is 0 Å². The Labute approximate surface area is 119 Å². The van der Waals surface area contributed by atoms with Crippen LogP contribution in [0, 0.1) is 0 Å². The summed E-state index contributed by atoms with van der Waals surface area (Å²) in [4.78, 5) is 0. The third-order valence-electron chi connectivity index (χ3n) is 3.86. The number of ether oxygens (including phenoxy) is 1. The second-order valence-electron chi connectivity index (χ2n) is 5.71. The summed E-state index contributed by atoms with van der Waals surface area (Å²) in [5.74, 6) is 0.525. The lowest BCUT2D eigenvalue weighted by molar-refractivity contribution is 0.00578. The molecule has 4 nitrogen and oxygen atoms in total. The number of hydrogen-bond donors (Lipinski definition) is 1. The molecule has 1 aliphatic heterocycles. The van der Waals surface area contributed by atoms with Crippen molar-refractivity contribution < 1.29 is 14.0 Å². The molecule has 0 aromatic heterocycles. The summed E-state index contributed by atoms with van der Waals surface area (Å²) in [6.45, 7) is 8.01. The van der Waals surface area contributed by atoms with Gasteiger partial charge in [0.05, 0.1) is 29.0 Å². The Balaban J connectivity index is 2.37. The molecule has 104 valence electrons. The smallest absolute Gasteiger partial charge is 0.495 e. The van der Waals surface area contributed by atoms with E-state index in [9.17, 15) is 0 Å². The molecule has 1 aliphatic rings. The maximum absolute atomic E-state index is 6.10. The van der Waals surface area contributed by atoms with Crippen molar-refractivity contribution >= 4 is 29.9 Å². The Hall–Kier alpha value is -0.905. The minimum Gasteiger partial charge on any atom is -0.495 e. The number of nitrogens with two attached hydrogens (primary N) is 1. The standard InChI is InChI=1S/C13H19BClNO3/c1-12(2)13(3,4)19-14(18-12)8-6-9(15)11(16)10(7-8)17-5/h6-7H,16H2,1-5H3. The van der Waals surface area contributed by atoms with Gasteiger partial charge in [-0.15, -0.1) is 0 Å². The lowest BCUT2D eigenvalue weighted by Crippen LogP contribution is -2.41. The summed E-state index contributed by atoms with van der Waals surface area (Å²) in [5, 5.41) is 0.434. The van der Waals surface area contributed by atoms with E-state index in [0.29, 0.717) is 16.5 Å². The van der Waals surface area contributed by atoms with Gasteiger partial charge in [-0.25, -0.2) is 0 Å². The second-order valence-corrected chi connectivity index (χ2v) is 6.11. The Morgan fingerprint density at radius 1 is 1.16 bits per heavy atom. The van der Waals surface area contributed by atoms with Gasteiger partial charge in [-0.1, -0.05) is 11.6 Å². The highest BCUT2D eigenvalue weighted by Crippen LogP contribution is 2.37. The predicted molar refractivity (Wildman–Crippen MR) is 78.1 cm³/mol. The molecule has 0 spiro atoms. The predicted octanol–water partition coefficient (Wildman–Crippen LogP) is 2.23. The zero-order valence-corrected chi connectivity index (χ0v) is 12.7. The highest BCUT2D eigenvalue weighted by molar-refractivity contribution is 6.62. The zero-order chi connectivity index (χ0) is 14.4. The molecule has 1 aromatic carbocycles. The van der Waals surface area contributed by atoms with E-state index in [-0.39, 0.29) is 0 Å². The van der Waals surface area contributed by atoms with E-state index in [0.717, 1.165) is 5.46 Å². The van der Waals surface area contributed by atoms with Crippen molar-refractivity contribution in [3.63, 3.8) is 0 Å². The zero-order valence-electron chi connectivity index (χ0n) is 11.9. The Morgan fingerprint density at radius 2 is 1.68 bits per heavy atom. The van der Waals surface area contributed by atoms with E-state index in [1.54, 1.807) is 19.2 Å². The van der Waals surface area contributed by atoms with Crippen LogP contribution >= 0.6 is 11.6 Å². The SMILES string of the molecule is COc1cc(B2OC(C)(C)C(C)(C)O2)cc(Cl)c1N. The minimum absolute atomic E-state index is 0.390. The van der Waals surface area contributed by atoms with E-state index < -0.39 is 18.3 Å². The largest absolute Gasteiger partial charge is 0.495 e. The molecule has 2 rings (SSSR count). The number of benzene rings is 1. The summed E-state index contributed by atoms with van der Waals surface area (Å²) in [5.41, 5.74) is 6.27. The van der Waals surface area contributed by atoms with Gasteiger partial charge in [-0.3, -0.25) is 0 Å². The van der Waals surface area contributed by atoms with Gasteiger partial charge >= 0.3 is 7.12 Å². The average Bonchev–Trinajstić information content (AvgIpc) is 2.52. The summed E-state index contributed by atoms with van der Waals surface area (Å²) < 4.78 is 17.1. The molecule has 0 atom stereocenters. The van der Waals surface area contributed by atoms with Crippen LogP contribution in [0.2, 0.25) is 5.02 Å². The molecule has 0 saturated carbocycles. The van der Waals surface area contributed by atoms with Crippen LogP contribution in [0.15, 0.2) is 12.1 Å². The van der Waals surface area contributed by atoms with Crippen LogP contribution in [0.1, 0.15) is 27.7 Å². The summed E-state index contributed by atoms with van der Waals surface area (Å²) in [7, 11) is 1.08. The van der Waals surface area contributed by atoms with Gasteiger partial charge in [-0.2, -0.15) is 0 Å². The molecule has 1 heterocycles. The van der Waals surface area contributed by atoms with Gasteiger partial charge in [0.2, 0.25) is 0 Å². The van der Waals surface area contributed by atoms with Crippen molar-refractivity contribution in [1.82, 2.24) is 0 Å². The molecule has 1 saturated heterocycles. The molecule has 0 radical (unpaired) electrons. The van der Waals surface area contributed by atoms with Crippen LogP contribution in [-0.4, -0.2) is 25.4 Å². The third-order valence-corrected chi connectivity index (χ3v) is 4.17. The fraction of sp³-hybridized carbons (Fsp3) is 0.538. The third kappa shape index (κ3) is 2.42. The molecule has 2 N–H and O–H groups in total. The Morgan fingerprint density at radius 3 is 2.16 bits per heavy atom. The van der Waals surface area contributed by atoms with Gasteiger partial charge in [0.15, 0.2) is 0 Å². The van der Waals surface area contributed by atoms with Gasteiger partial charge in [0.1, 0.15) is 5.75 Å². The lowest BCUT2D eigenvalue weighted by Gasteiger charge is -2.32. The van der Waals surface area contributed by atoms with Gasteiger partial charge in [0, 0.05) is 0 Å². The summed E-state index contributed by atoms with van der Waals surface area (Å²) >= 11 is 6.10. The van der Waals surface area contributed by atoms with Gasteiger partial charge in [0.25, 0.3) is 0 Å². The Bertz CT molecular complexity index is 489. The normalized spacial score (nSPS) is 20.6. The number of halogens is 1. The van der Waals surface area contributed by atoms with Gasteiger partial charge < -0.3 is 19.8 Å². The maximum atomic E-state index is 6.10. The number of nitrogen functional groups attached to an aromatic ring is 1. The first-order valence-electron chi connectivity index (χ1n) is 6.16. The first kappa shape index (κ1) is 14.5. The van der Waals surface area contributed by atoms with E-state index in [1.807, 2.05) is 27.7 Å². The Kier molecular flexibility index (Phi) is 3.50. The molecular weight excluding hydrogens is 264 g/mol. The first-order chi connectivity index (χ1) is 8.68. The van der Waals surface area contributed by atoms with Gasteiger partial charge in [-0.05, 0) is 45.3 Å². The number of anilines is 1. The van der Waals surface area contributed by atoms with Crippen LogP contribution in [-0.2, 0) is 9.31 Å². The van der Waals surface area contributed by atoms with E-state index in [1.165, 1.54) is 0 Å². The molecule has 0 bridgehead atoms. The van der Waals surface area contributed by atoms with Crippen molar-refractivity contribution in [2.75, 3.05) is 12.8 Å². The molecule has 6 heteroatoms. The van der Waals surface area contributed by atoms with Crippen molar-refractivity contribution in [2.45, 2.75) is 38.9 Å². The van der Waals surface area contributed by atoms with E-state index in [4.69, 9.17) is 31.4 Å². The summed E-state index contributed by atoms with van der Waals surface area (Å²) in [6.07, 6.45) is 0. The molecule has 1 aromatic rings. The fourth-order valence-corrected chi connectivity index (χ4v) is 2.12. The molecule has 0 unspecified atom stereocenters. The van der Waals surface area contributed by atoms with Crippen LogP contribution in [0.5, 0.6) is 5.75 Å². The molecule has 19 heavy (non-hydrogen) atoms. The fourth-order valence-electron chi connectivity index (χ4n) is 1.90. The molecule has 0 aliphatic carbocycles. The van der Waals surface area contributed by atoms with Crippen molar-refractivity contribution in [3.05, 3.63) is 17.2 Å². The van der Waals surface area contributed by atoms with Crippen LogP contribution < -0.4 is 15.9 Å². The number of methoxy groups -OCH3 is 1. The highest BCUT2D eigenvalue weighted by Gasteiger charge is 2.51. The number of rotatable bonds is 2. The number of hydrogen-bond acceptors (Lipinski definition) is 4. The van der Waals surface area contributed by atoms with Crippen molar-refractivity contribution in [2.24, 2.45) is 0 Å². The molecule has 0 amide bonds. The highest BCUT2D eigenvalue weighted by atomic mass is 35.5. The second kappa shape index (κ2) is 4.58. The lowest BCUT2D eigenvalue weighted by atomic mass is 9.79. The molecular formula is C13H19BClNO3. The summed E-state index contributed by atoms with van der Waals surface area (Å²) in [6, 6.07) is 3.55. The average molecular weight is 284 g/mol. The van der Waals surface area contributed by atoms with Crippen LogP contribution in [0.25, 0.3) is 0 Å². The quantitative estimate of drug-likeness (QED) is 0.668. The molecule has 1 fully saturated rings. The van der Waals surface area contributed by atoms with E-state index >= 15 is 0 Å². The van der Waals surface area contributed by atoms with Crippen molar-refractivity contribution in [3.8, 4) is 5.75 Å².